The lowest BCUT2D eigenvalue weighted by atomic mass is 10.0. The van der Waals surface area contributed by atoms with Crippen molar-refractivity contribution in [3.8, 4) is 0 Å². The van der Waals surface area contributed by atoms with E-state index in [0.717, 1.165) is 11.1 Å². The smallest absolute Gasteiger partial charge is 0.408 e. The van der Waals surface area contributed by atoms with Crippen LogP contribution in [0.25, 0.3) is 0 Å². The summed E-state index contributed by atoms with van der Waals surface area (Å²) in [5.74, 6) is -1.84. The first-order valence-electron chi connectivity index (χ1n) is 10.2. The van der Waals surface area contributed by atoms with Gasteiger partial charge in [0.25, 0.3) is 0 Å². The molecule has 0 bridgehead atoms. The van der Waals surface area contributed by atoms with Gasteiger partial charge in [0, 0.05) is 6.42 Å². The molecule has 0 aromatic heterocycles. The van der Waals surface area contributed by atoms with Crippen molar-refractivity contribution in [2.45, 2.75) is 45.0 Å². The van der Waals surface area contributed by atoms with Crippen LogP contribution < -0.4 is 21.7 Å². The van der Waals surface area contributed by atoms with E-state index < -0.39 is 41.9 Å². The Labute approximate surface area is 186 Å². The van der Waals surface area contributed by atoms with Crippen LogP contribution in [0.2, 0.25) is 0 Å². The van der Waals surface area contributed by atoms with Crippen LogP contribution in [0, 0.1) is 0 Å². The monoisotopic (exact) mass is 440 g/mol. The van der Waals surface area contributed by atoms with E-state index in [1.54, 1.807) is 0 Å². The Bertz CT molecular complexity index is 920. The number of benzene rings is 2. The summed E-state index contributed by atoms with van der Waals surface area (Å²) in [5, 5.41) is 7.52. The van der Waals surface area contributed by atoms with Gasteiger partial charge in [-0.1, -0.05) is 60.7 Å². The summed E-state index contributed by atoms with van der Waals surface area (Å²) in [7, 11) is 0. The highest BCUT2D eigenvalue weighted by atomic mass is 16.5. The number of nitrogens with one attached hydrogen (secondary N) is 3. The lowest BCUT2D eigenvalue weighted by Gasteiger charge is -2.22. The molecule has 32 heavy (non-hydrogen) atoms. The van der Waals surface area contributed by atoms with Crippen LogP contribution >= 0.6 is 0 Å². The van der Waals surface area contributed by atoms with Gasteiger partial charge in [0.2, 0.25) is 17.7 Å². The van der Waals surface area contributed by atoms with Crippen molar-refractivity contribution in [1.29, 1.82) is 0 Å². The van der Waals surface area contributed by atoms with Gasteiger partial charge in [0.1, 0.15) is 24.7 Å². The van der Waals surface area contributed by atoms with Crippen molar-refractivity contribution in [2.24, 2.45) is 5.73 Å². The van der Waals surface area contributed by atoms with Gasteiger partial charge in [-0.05, 0) is 25.0 Å². The second-order valence-electron chi connectivity index (χ2n) is 7.31. The van der Waals surface area contributed by atoms with Crippen molar-refractivity contribution < 1.29 is 23.9 Å². The van der Waals surface area contributed by atoms with Gasteiger partial charge < -0.3 is 26.4 Å². The fourth-order valence-corrected chi connectivity index (χ4v) is 2.76. The molecular formula is C23H28N4O5. The summed E-state index contributed by atoms with van der Waals surface area (Å²) in [6.45, 7) is 2.96. The number of rotatable bonds is 10. The highest BCUT2D eigenvalue weighted by Crippen LogP contribution is 2.06. The number of carbonyl (C=O) groups excluding carboxylic acids is 4. The Morgan fingerprint density at radius 2 is 1.31 bits per heavy atom. The minimum atomic E-state index is -0.982. The standard InChI is InChI=1S/C23H28N4O5/c1-15(20(24)28)25-21(29)16(2)26-22(30)19(13-17-9-5-3-6-10-17)27-23(31)32-14-18-11-7-4-8-12-18/h3-12,15-16,19H,13-14H2,1-2H3,(H2,24,28)(H,25,29)(H,26,30)(H,27,31). The Balaban J connectivity index is 2.01. The third kappa shape index (κ3) is 8.10. The molecule has 0 fully saturated rings. The van der Waals surface area contributed by atoms with Crippen molar-refractivity contribution in [3.05, 3.63) is 71.8 Å². The van der Waals surface area contributed by atoms with Crippen LogP contribution in [0.3, 0.4) is 0 Å². The molecule has 0 aliphatic heterocycles. The molecule has 0 saturated carbocycles. The Morgan fingerprint density at radius 1 is 0.781 bits per heavy atom. The van der Waals surface area contributed by atoms with Crippen LogP contribution in [0.1, 0.15) is 25.0 Å². The Kier molecular flexibility index (Phi) is 9.22. The minimum absolute atomic E-state index is 0.0517. The molecule has 0 radical (unpaired) electrons. The van der Waals surface area contributed by atoms with E-state index >= 15 is 0 Å². The zero-order valence-electron chi connectivity index (χ0n) is 18.0. The number of alkyl carbamates (subject to hydrolysis) is 1. The molecule has 170 valence electrons. The molecule has 2 aromatic carbocycles. The lowest BCUT2D eigenvalue weighted by molar-refractivity contribution is -0.131. The molecule has 3 atom stereocenters. The molecule has 3 unspecified atom stereocenters. The zero-order valence-corrected chi connectivity index (χ0v) is 18.0. The first-order chi connectivity index (χ1) is 15.3. The van der Waals surface area contributed by atoms with Crippen molar-refractivity contribution in [1.82, 2.24) is 16.0 Å². The van der Waals surface area contributed by atoms with Crippen molar-refractivity contribution in [2.75, 3.05) is 0 Å². The molecule has 4 amide bonds. The summed E-state index contributed by atoms with van der Waals surface area (Å²) in [6, 6.07) is 15.4. The maximum absolute atomic E-state index is 12.8. The van der Waals surface area contributed by atoms with Crippen LogP contribution in [-0.4, -0.2) is 41.9 Å². The Morgan fingerprint density at radius 3 is 1.88 bits per heavy atom. The molecule has 0 saturated heterocycles. The summed E-state index contributed by atoms with van der Waals surface area (Å²) in [6.07, 6.45) is -0.566. The number of nitrogens with two attached hydrogens (primary N) is 1. The summed E-state index contributed by atoms with van der Waals surface area (Å²) < 4.78 is 5.22. The molecule has 5 N–H and O–H groups in total. The molecule has 9 nitrogen and oxygen atoms in total. The molecule has 2 aromatic rings. The first kappa shape index (κ1) is 24.4. The van der Waals surface area contributed by atoms with E-state index in [0.29, 0.717) is 0 Å². The predicted octanol–water partition coefficient (Wildman–Crippen LogP) is 1.02. The topological polar surface area (TPSA) is 140 Å². The normalized spacial score (nSPS) is 13.2. The highest BCUT2D eigenvalue weighted by molar-refractivity contribution is 5.93. The lowest BCUT2D eigenvalue weighted by Crippen LogP contribution is -2.55. The fourth-order valence-electron chi connectivity index (χ4n) is 2.76. The van der Waals surface area contributed by atoms with E-state index in [1.807, 2.05) is 60.7 Å². The summed E-state index contributed by atoms with van der Waals surface area (Å²) in [4.78, 5) is 48.5. The average molecular weight is 441 g/mol. The number of amides is 4. The molecular weight excluding hydrogens is 412 g/mol. The fraction of sp³-hybridized carbons (Fsp3) is 0.304. The number of ether oxygens (including phenoxy) is 1. The van der Waals surface area contributed by atoms with Gasteiger partial charge in [0.15, 0.2) is 0 Å². The maximum atomic E-state index is 12.8. The predicted molar refractivity (Wildman–Crippen MR) is 118 cm³/mol. The maximum Gasteiger partial charge on any atom is 0.408 e. The second-order valence-corrected chi connectivity index (χ2v) is 7.31. The number of hydrogen-bond donors (Lipinski definition) is 4. The van der Waals surface area contributed by atoms with Gasteiger partial charge >= 0.3 is 6.09 Å². The van der Waals surface area contributed by atoms with Crippen molar-refractivity contribution >= 4 is 23.8 Å². The van der Waals surface area contributed by atoms with E-state index in [4.69, 9.17) is 10.5 Å². The minimum Gasteiger partial charge on any atom is -0.445 e. The van der Waals surface area contributed by atoms with E-state index in [2.05, 4.69) is 16.0 Å². The van der Waals surface area contributed by atoms with Gasteiger partial charge in [0.05, 0.1) is 0 Å². The zero-order chi connectivity index (χ0) is 23.5. The van der Waals surface area contributed by atoms with Crippen LogP contribution in [-0.2, 0) is 32.1 Å². The SMILES string of the molecule is CC(NC(=O)C(C)NC(=O)C(Cc1ccccc1)NC(=O)OCc1ccccc1)C(N)=O. The second kappa shape index (κ2) is 12.1. The molecule has 0 aliphatic carbocycles. The first-order valence-corrected chi connectivity index (χ1v) is 10.2. The quantitative estimate of drug-likeness (QED) is 0.437. The third-order valence-electron chi connectivity index (χ3n) is 4.64. The molecule has 2 rings (SSSR count). The van der Waals surface area contributed by atoms with Crippen LogP contribution in [0.15, 0.2) is 60.7 Å². The molecule has 0 spiro atoms. The van der Waals surface area contributed by atoms with Crippen LogP contribution in [0.4, 0.5) is 4.79 Å². The van der Waals surface area contributed by atoms with Crippen LogP contribution in [0.5, 0.6) is 0 Å². The van der Waals surface area contributed by atoms with Gasteiger partial charge in [-0.25, -0.2) is 4.79 Å². The van der Waals surface area contributed by atoms with Gasteiger partial charge in [-0.3, -0.25) is 14.4 Å². The largest absolute Gasteiger partial charge is 0.445 e. The summed E-state index contributed by atoms with van der Waals surface area (Å²) >= 11 is 0. The van der Waals surface area contributed by atoms with Crippen molar-refractivity contribution in [3.63, 3.8) is 0 Å². The van der Waals surface area contributed by atoms with Gasteiger partial charge in [-0.2, -0.15) is 0 Å². The number of hydrogen-bond acceptors (Lipinski definition) is 5. The van der Waals surface area contributed by atoms with E-state index in [9.17, 15) is 19.2 Å². The number of carbonyl (C=O) groups is 4. The Hall–Kier alpha value is -3.88. The summed E-state index contributed by atoms with van der Waals surface area (Å²) in [5.41, 5.74) is 6.76. The van der Waals surface area contributed by atoms with E-state index in [1.165, 1.54) is 13.8 Å². The average Bonchev–Trinajstić information content (AvgIpc) is 2.78. The number of primary amides is 1. The third-order valence-corrected chi connectivity index (χ3v) is 4.64. The molecule has 0 heterocycles. The highest BCUT2D eigenvalue weighted by Gasteiger charge is 2.26. The van der Waals surface area contributed by atoms with E-state index in [-0.39, 0.29) is 13.0 Å². The molecule has 9 heteroatoms. The van der Waals surface area contributed by atoms with Gasteiger partial charge in [-0.15, -0.1) is 0 Å². The molecule has 0 aliphatic rings.